The van der Waals surface area contributed by atoms with Crippen molar-refractivity contribution in [2.24, 2.45) is 28.8 Å². The number of carbonyl (C=O) groups is 3. The van der Waals surface area contributed by atoms with E-state index in [0.29, 0.717) is 6.54 Å². The molecule has 4 aliphatic rings. The number of ether oxygens (including phenoxy) is 4. The number of anilines is 1. The topological polar surface area (TPSA) is 226 Å². The number of likely N-dealkylation sites (tertiary alicyclic amines) is 1. The summed E-state index contributed by atoms with van der Waals surface area (Å²) in [7, 11) is 1.43. The lowest BCUT2D eigenvalue weighted by atomic mass is 9.78. The summed E-state index contributed by atoms with van der Waals surface area (Å²) in [5.74, 6) is -8.57. The molecule has 334 valence electrons. The van der Waals surface area contributed by atoms with E-state index in [1.165, 1.54) is 59.6 Å². The number of amides is 1. The van der Waals surface area contributed by atoms with Crippen LogP contribution in [0, 0.1) is 30.6 Å². The van der Waals surface area contributed by atoms with Crippen LogP contribution in [0.25, 0.3) is 10.8 Å². The fourth-order valence-electron chi connectivity index (χ4n) is 8.37. The Labute approximate surface area is 356 Å². The monoisotopic (exact) mass is 851 g/mol. The molecule has 1 saturated heterocycles. The van der Waals surface area contributed by atoms with E-state index in [9.17, 15) is 39.9 Å². The van der Waals surface area contributed by atoms with E-state index >= 15 is 0 Å². The molecule has 4 aliphatic heterocycles. The van der Waals surface area contributed by atoms with Gasteiger partial charge in [-0.15, -0.1) is 0 Å². The molecule has 16 heteroatoms. The van der Waals surface area contributed by atoms with Crippen LogP contribution in [0.2, 0.25) is 0 Å². The van der Waals surface area contributed by atoms with Gasteiger partial charge in [-0.2, -0.15) is 0 Å². The molecular weight excluding hydrogens is 791 g/mol. The van der Waals surface area contributed by atoms with Gasteiger partial charge < -0.3 is 54.6 Å². The van der Waals surface area contributed by atoms with Crippen LogP contribution in [0.3, 0.4) is 0 Å². The van der Waals surface area contributed by atoms with E-state index in [-0.39, 0.29) is 51.1 Å². The number of phenolic OH excluding ortho intramolecular Hbond substituents is 3. The maximum atomic E-state index is 14.4. The Morgan fingerprint density at radius 2 is 1.66 bits per heavy atom. The lowest BCUT2D eigenvalue weighted by Gasteiger charge is -2.38. The predicted molar refractivity (Wildman–Crippen MR) is 228 cm³/mol. The molecule has 2 aromatic rings. The molecule has 6 N–H and O–H groups in total. The Balaban J connectivity index is 1.65. The van der Waals surface area contributed by atoms with Crippen LogP contribution in [-0.2, 0) is 28.6 Å². The minimum absolute atomic E-state index is 0.0408. The highest BCUT2D eigenvalue weighted by Gasteiger charge is 2.50. The van der Waals surface area contributed by atoms with E-state index in [4.69, 9.17) is 23.8 Å². The van der Waals surface area contributed by atoms with Gasteiger partial charge in [-0.3, -0.25) is 19.3 Å². The second-order valence-electron chi connectivity index (χ2n) is 16.6. The number of nitrogens with zero attached hydrogens (tertiary/aromatic N) is 2. The number of allylic oxidation sites excluding steroid dienone is 2. The zero-order valence-corrected chi connectivity index (χ0v) is 36.4. The van der Waals surface area contributed by atoms with E-state index < -0.39 is 88.8 Å². The number of piperidine rings is 1. The summed E-state index contributed by atoms with van der Waals surface area (Å²) in [6, 6.07) is 0. The largest absolute Gasteiger partial charge is 0.507 e. The minimum Gasteiger partial charge on any atom is -0.507 e. The number of hydrogen-bond donors (Lipinski definition) is 6. The molecular formula is C45H61N3O13. The third-order valence-corrected chi connectivity index (χ3v) is 12.2. The zero-order chi connectivity index (χ0) is 44.9. The van der Waals surface area contributed by atoms with Crippen LogP contribution in [0.15, 0.2) is 41.3 Å². The van der Waals surface area contributed by atoms with Crippen LogP contribution in [-0.4, -0.2) is 118 Å². The minimum atomic E-state index is -2.06. The third-order valence-electron chi connectivity index (χ3n) is 12.2. The van der Waals surface area contributed by atoms with Crippen LogP contribution in [0.5, 0.6) is 23.0 Å². The molecule has 0 aliphatic carbocycles. The first-order valence-electron chi connectivity index (χ1n) is 20.8. The standard InChI is InChI=1S/C45H61N3O13/c1-23-14-13-15-24(2)44(56)47-35-30(22-46-59-21-19-48-17-11-10-12-18-48)39(53)32-33(40(35)54)38(52)28(6)42-34(32)43(55)45(8,61-42)58-20-16-31(57-9)25(3)41(60-29(7)49)27(5)37(51)26(4)36(23)50/h13-16,20,22-23,25-27,31,36-37,41,50-54H,10-12,17-19,21H2,1-9H3,(H,47,56)/b14-13-,20-16?,24-15-,46-22+/t23-,25+,26+,27+,31-,36-,37+,41+,45-/m0/s1. The normalized spacial score (nSPS) is 30.8. The lowest BCUT2D eigenvalue weighted by Crippen LogP contribution is -2.46. The first-order valence-corrected chi connectivity index (χ1v) is 20.8. The van der Waals surface area contributed by atoms with Crippen molar-refractivity contribution in [3.8, 4) is 23.0 Å². The third kappa shape index (κ3) is 9.82. The molecule has 0 aromatic heterocycles. The second-order valence-corrected chi connectivity index (χ2v) is 16.6. The molecule has 4 heterocycles. The molecule has 0 spiro atoms. The number of nitrogens with one attached hydrogen (secondary N) is 1. The molecule has 0 unspecified atom stereocenters. The van der Waals surface area contributed by atoms with Gasteiger partial charge in [0.25, 0.3) is 11.7 Å². The number of phenols is 3. The number of rotatable bonds is 7. The van der Waals surface area contributed by atoms with E-state index in [2.05, 4.69) is 15.4 Å². The quantitative estimate of drug-likeness (QED) is 0.0499. The average molecular weight is 852 g/mol. The number of aliphatic hydroxyl groups excluding tert-OH is 2. The molecule has 1 amide bonds. The number of benzene rings is 2. The number of ketones is 1. The Morgan fingerprint density at radius 3 is 2.31 bits per heavy atom. The van der Waals surface area contributed by atoms with Crippen molar-refractivity contribution >= 4 is 40.3 Å². The van der Waals surface area contributed by atoms with Crippen LogP contribution in [0.4, 0.5) is 5.69 Å². The summed E-state index contributed by atoms with van der Waals surface area (Å²) in [6.07, 6.45) is 7.96. The highest BCUT2D eigenvalue weighted by atomic mass is 16.7. The maximum Gasteiger partial charge on any atom is 0.312 e. The van der Waals surface area contributed by atoms with Gasteiger partial charge in [-0.05, 0) is 45.9 Å². The predicted octanol–water partition coefficient (Wildman–Crippen LogP) is 5.59. The summed E-state index contributed by atoms with van der Waals surface area (Å²) in [5.41, 5.74) is -0.555. The fourth-order valence-corrected chi connectivity index (χ4v) is 8.37. The van der Waals surface area contributed by atoms with Gasteiger partial charge in [-0.25, -0.2) is 0 Å². The van der Waals surface area contributed by atoms with E-state index in [1.807, 2.05) is 0 Å². The summed E-state index contributed by atoms with van der Waals surface area (Å²) < 4.78 is 23.6. The van der Waals surface area contributed by atoms with Crippen molar-refractivity contribution in [2.45, 2.75) is 105 Å². The molecule has 61 heavy (non-hydrogen) atoms. The van der Waals surface area contributed by atoms with Gasteiger partial charge in [0.05, 0.1) is 53.0 Å². The smallest absolute Gasteiger partial charge is 0.312 e. The van der Waals surface area contributed by atoms with Crippen LogP contribution < -0.4 is 10.1 Å². The number of oxime groups is 1. The summed E-state index contributed by atoms with van der Waals surface area (Å²) >= 11 is 0. The Bertz CT molecular complexity index is 2090. The molecule has 0 saturated carbocycles. The number of fused-ring (bicyclic) bond motifs is 14. The van der Waals surface area contributed by atoms with Crippen LogP contribution >= 0.6 is 0 Å². The molecule has 5 bridgehead atoms. The fraction of sp³-hybridized carbons (Fsp3) is 0.556. The van der Waals surface area contributed by atoms with Gasteiger partial charge in [0.1, 0.15) is 30.0 Å². The van der Waals surface area contributed by atoms with E-state index in [1.54, 1.807) is 39.8 Å². The molecule has 1 fully saturated rings. The molecule has 9 atom stereocenters. The van der Waals surface area contributed by atoms with Crippen molar-refractivity contribution in [2.75, 3.05) is 38.7 Å². The van der Waals surface area contributed by atoms with Crippen molar-refractivity contribution in [1.82, 2.24) is 4.90 Å². The number of hydrogen-bond acceptors (Lipinski definition) is 15. The molecule has 0 radical (unpaired) electrons. The van der Waals surface area contributed by atoms with Gasteiger partial charge in [0, 0.05) is 67.7 Å². The number of esters is 1. The first-order chi connectivity index (χ1) is 28.8. The van der Waals surface area contributed by atoms with Crippen LogP contribution in [0.1, 0.15) is 89.2 Å². The van der Waals surface area contributed by atoms with Crippen molar-refractivity contribution in [3.05, 3.63) is 52.8 Å². The van der Waals surface area contributed by atoms with Gasteiger partial charge in [0.15, 0.2) is 5.75 Å². The lowest BCUT2D eigenvalue weighted by molar-refractivity contribution is -0.160. The van der Waals surface area contributed by atoms with Crippen molar-refractivity contribution in [3.63, 3.8) is 0 Å². The highest BCUT2D eigenvalue weighted by Crippen LogP contribution is 2.55. The number of aromatic hydroxyl groups is 3. The summed E-state index contributed by atoms with van der Waals surface area (Å²) in [4.78, 5) is 48.3. The number of methoxy groups -OCH3 is 1. The van der Waals surface area contributed by atoms with Crippen molar-refractivity contribution < 1.29 is 63.7 Å². The SMILES string of the molecule is CO[C@H]1C=CO[C@@]2(C)Oc3c(C)c(O)c4c(O)c(c(/C=N/OCCN5CCCCC5)c(O)c4c3C2=O)NC(=O)/C(C)=C\C=C/[C@H](C)[C@H](O)[C@@H](C)[C@@H](O)[C@@H](C)[C@H](OC(C)=O)[C@@H]1C. The number of Topliss-reactive ketones (excluding diaryl/α,β-unsaturated/α-hetero) is 1. The summed E-state index contributed by atoms with van der Waals surface area (Å²) in [6.45, 7) is 15.2. The zero-order valence-electron chi connectivity index (χ0n) is 36.4. The second kappa shape index (κ2) is 19.7. The van der Waals surface area contributed by atoms with Gasteiger partial charge >= 0.3 is 11.8 Å². The van der Waals surface area contributed by atoms with Gasteiger partial charge in [0.2, 0.25) is 0 Å². The molecule has 2 aromatic carbocycles. The number of carbonyl (C=O) groups excluding carboxylic acids is 3. The Kier molecular flexibility index (Phi) is 15.1. The number of aliphatic hydroxyl groups is 2. The Morgan fingerprint density at radius 1 is 0.967 bits per heavy atom. The van der Waals surface area contributed by atoms with Crippen molar-refractivity contribution in [1.29, 1.82) is 0 Å². The molecule has 16 nitrogen and oxygen atoms in total. The highest BCUT2D eigenvalue weighted by molar-refractivity contribution is 6.23. The summed E-state index contributed by atoms with van der Waals surface area (Å²) in [5, 5.41) is 64.4. The van der Waals surface area contributed by atoms with Gasteiger partial charge in [-0.1, -0.05) is 57.5 Å². The van der Waals surface area contributed by atoms with E-state index in [0.717, 1.165) is 32.1 Å². The molecule has 6 rings (SSSR count). The maximum absolute atomic E-state index is 14.4. The Hall–Kier alpha value is -5.16. The first kappa shape index (κ1) is 46.9. The average Bonchev–Trinajstić information content (AvgIpc) is 3.50.